The summed E-state index contributed by atoms with van der Waals surface area (Å²) in [6, 6.07) is 3.52. The van der Waals surface area contributed by atoms with Gasteiger partial charge in [0.2, 0.25) is 0 Å². The van der Waals surface area contributed by atoms with E-state index in [1.54, 1.807) is 6.07 Å². The number of likely N-dealkylation sites (N-methyl/N-ethyl adjacent to an activating group) is 1. The standard InChI is InChI=1S/C10H11Cl2NO/c1-13-10-7-2-5(11)3-8(12)6(7)4-9(10)14/h2-3,9-10,13-14H,4H2,1H3/t9-,10+/m0/s1. The first-order valence-electron chi connectivity index (χ1n) is 4.46. The number of rotatable bonds is 1. The van der Waals surface area contributed by atoms with Crippen LogP contribution in [-0.4, -0.2) is 18.3 Å². The van der Waals surface area contributed by atoms with Crippen LogP contribution in [0, 0.1) is 0 Å². The van der Waals surface area contributed by atoms with Gasteiger partial charge in [0.15, 0.2) is 0 Å². The van der Waals surface area contributed by atoms with Gasteiger partial charge in [0.25, 0.3) is 0 Å². The summed E-state index contributed by atoms with van der Waals surface area (Å²) in [7, 11) is 1.82. The van der Waals surface area contributed by atoms with E-state index >= 15 is 0 Å². The van der Waals surface area contributed by atoms with Crippen molar-refractivity contribution < 1.29 is 5.11 Å². The normalized spacial score (nSPS) is 25.1. The lowest BCUT2D eigenvalue weighted by Crippen LogP contribution is -2.25. The zero-order valence-electron chi connectivity index (χ0n) is 7.72. The van der Waals surface area contributed by atoms with Crippen molar-refractivity contribution in [2.75, 3.05) is 7.05 Å². The third-order valence-electron chi connectivity index (χ3n) is 2.64. The highest BCUT2D eigenvalue weighted by Gasteiger charge is 2.31. The fraction of sp³-hybridized carbons (Fsp3) is 0.400. The maximum absolute atomic E-state index is 9.76. The summed E-state index contributed by atoms with van der Waals surface area (Å²) >= 11 is 11.9. The van der Waals surface area contributed by atoms with Crippen LogP contribution in [0.1, 0.15) is 17.2 Å². The topological polar surface area (TPSA) is 32.3 Å². The van der Waals surface area contributed by atoms with Crippen molar-refractivity contribution >= 4 is 23.2 Å². The van der Waals surface area contributed by atoms with Crippen molar-refractivity contribution in [2.24, 2.45) is 0 Å². The fourth-order valence-electron chi connectivity index (χ4n) is 2.00. The number of aliphatic hydroxyl groups is 1. The molecule has 0 aromatic heterocycles. The molecule has 0 aliphatic heterocycles. The van der Waals surface area contributed by atoms with Crippen LogP contribution in [0.25, 0.3) is 0 Å². The molecule has 4 heteroatoms. The third kappa shape index (κ3) is 1.52. The van der Waals surface area contributed by atoms with Gasteiger partial charge in [-0.15, -0.1) is 0 Å². The maximum atomic E-state index is 9.76. The Labute approximate surface area is 92.8 Å². The largest absolute Gasteiger partial charge is 0.391 e. The highest BCUT2D eigenvalue weighted by Crippen LogP contribution is 2.37. The lowest BCUT2D eigenvalue weighted by Gasteiger charge is -2.14. The molecule has 0 spiro atoms. The number of benzene rings is 1. The van der Waals surface area contributed by atoms with E-state index in [-0.39, 0.29) is 6.04 Å². The minimum Gasteiger partial charge on any atom is -0.391 e. The molecular formula is C10H11Cl2NO. The molecule has 0 saturated heterocycles. The lowest BCUT2D eigenvalue weighted by molar-refractivity contribution is 0.145. The molecule has 1 aromatic carbocycles. The van der Waals surface area contributed by atoms with Gasteiger partial charge in [-0.05, 0) is 30.3 Å². The van der Waals surface area contributed by atoms with Gasteiger partial charge in [0.05, 0.1) is 12.1 Å². The molecule has 0 saturated carbocycles. The zero-order valence-corrected chi connectivity index (χ0v) is 9.23. The predicted octanol–water partition coefficient (Wildman–Crippen LogP) is 2.17. The number of nitrogens with one attached hydrogen (secondary N) is 1. The summed E-state index contributed by atoms with van der Waals surface area (Å²) in [4.78, 5) is 0. The van der Waals surface area contributed by atoms with Crippen molar-refractivity contribution in [1.29, 1.82) is 0 Å². The van der Waals surface area contributed by atoms with Gasteiger partial charge in [0, 0.05) is 16.5 Å². The fourth-order valence-corrected chi connectivity index (χ4v) is 2.58. The summed E-state index contributed by atoms with van der Waals surface area (Å²) < 4.78 is 0. The minimum atomic E-state index is -0.411. The average Bonchev–Trinajstić information content (AvgIpc) is 2.41. The van der Waals surface area contributed by atoms with E-state index < -0.39 is 6.10 Å². The van der Waals surface area contributed by atoms with E-state index in [4.69, 9.17) is 23.2 Å². The van der Waals surface area contributed by atoms with Crippen LogP contribution >= 0.6 is 23.2 Å². The van der Waals surface area contributed by atoms with E-state index in [1.807, 2.05) is 13.1 Å². The molecule has 76 valence electrons. The molecule has 1 aliphatic carbocycles. The molecule has 2 atom stereocenters. The van der Waals surface area contributed by atoms with E-state index in [9.17, 15) is 5.11 Å². The Hall–Kier alpha value is -0.280. The predicted molar refractivity (Wildman–Crippen MR) is 58.0 cm³/mol. The Balaban J connectivity index is 2.53. The molecule has 14 heavy (non-hydrogen) atoms. The van der Waals surface area contributed by atoms with Gasteiger partial charge in [-0.25, -0.2) is 0 Å². The number of hydrogen-bond acceptors (Lipinski definition) is 2. The number of aliphatic hydroxyl groups excluding tert-OH is 1. The Bertz CT molecular complexity index is 367. The Morgan fingerprint density at radius 3 is 2.79 bits per heavy atom. The molecule has 0 bridgehead atoms. The van der Waals surface area contributed by atoms with Crippen LogP contribution in [0.3, 0.4) is 0 Å². The molecule has 0 heterocycles. The molecule has 1 aromatic rings. The molecule has 1 aliphatic rings. The molecular weight excluding hydrogens is 221 g/mol. The quantitative estimate of drug-likeness (QED) is 0.777. The number of halogens is 2. The van der Waals surface area contributed by atoms with E-state index in [2.05, 4.69) is 5.32 Å². The molecule has 0 fully saturated rings. The van der Waals surface area contributed by atoms with E-state index in [1.165, 1.54) is 0 Å². The van der Waals surface area contributed by atoms with Gasteiger partial charge in [-0.1, -0.05) is 23.2 Å². The van der Waals surface area contributed by atoms with Gasteiger partial charge < -0.3 is 10.4 Å². The summed E-state index contributed by atoms with van der Waals surface area (Å²) in [5, 5.41) is 14.1. The maximum Gasteiger partial charge on any atom is 0.0775 e. The summed E-state index contributed by atoms with van der Waals surface area (Å²) in [6.07, 6.45) is 0.183. The second-order valence-electron chi connectivity index (χ2n) is 3.49. The Kier molecular flexibility index (Phi) is 2.71. The molecule has 0 unspecified atom stereocenters. The smallest absolute Gasteiger partial charge is 0.0775 e. The van der Waals surface area contributed by atoms with Crippen LogP contribution in [-0.2, 0) is 6.42 Å². The third-order valence-corrected chi connectivity index (χ3v) is 3.19. The highest BCUT2D eigenvalue weighted by molar-refractivity contribution is 6.35. The lowest BCUT2D eigenvalue weighted by atomic mass is 10.1. The van der Waals surface area contributed by atoms with Crippen LogP contribution in [0.4, 0.5) is 0 Å². The molecule has 2 rings (SSSR count). The van der Waals surface area contributed by atoms with Gasteiger partial charge in [-0.3, -0.25) is 0 Å². The van der Waals surface area contributed by atoms with Crippen LogP contribution < -0.4 is 5.32 Å². The first-order chi connectivity index (χ1) is 6.63. The van der Waals surface area contributed by atoms with Crippen LogP contribution in [0.2, 0.25) is 10.0 Å². The van der Waals surface area contributed by atoms with E-state index in [0.29, 0.717) is 16.5 Å². The molecule has 2 nitrogen and oxygen atoms in total. The minimum absolute atomic E-state index is 0.0544. The number of hydrogen-bond donors (Lipinski definition) is 2. The van der Waals surface area contributed by atoms with Crippen molar-refractivity contribution in [2.45, 2.75) is 18.6 Å². The molecule has 0 amide bonds. The SMILES string of the molecule is CN[C@@H]1c2cc(Cl)cc(Cl)c2C[C@@H]1O. The Morgan fingerprint density at radius 2 is 2.14 bits per heavy atom. The second-order valence-corrected chi connectivity index (χ2v) is 4.34. The van der Waals surface area contributed by atoms with Crippen molar-refractivity contribution in [1.82, 2.24) is 5.32 Å². The van der Waals surface area contributed by atoms with Crippen molar-refractivity contribution in [3.8, 4) is 0 Å². The van der Waals surface area contributed by atoms with Gasteiger partial charge in [-0.2, -0.15) is 0 Å². The van der Waals surface area contributed by atoms with Gasteiger partial charge >= 0.3 is 0 Å². The first-order valence-corrected chi connectivity index (χ1v) is 5.22. The van der Waals surface area contributed by atoms with Crippen molar-refractivity contribution in [3.05, 3.63) is 33.3 Å². The van der Waals surface area contributed by atoms with Crippen molar-refractivity contribution in [3.63, 3.8) is 0 Å². The average molecular weight is 232 g/mol. The van der Waals surface area contributed by atoms with Crippen LogP contribution in [0.5, 0.6) is 0 Å². The molecule has 2 N–H and O–H groups in total. The second kappa shape index (κ2) is 3.70. The van der Waals surface area contributed by atoms with Crippen LogP contribution in [0.15, 0.2) is 12.1 Å². The van der Waals surface area contributed by atoms with E-state index in [0.717, 1.165) is 11.1 Å². The molecule has 0 radical (unpaired) electrons. The highest BCUT2D eigenvalue weighted by atomic mass is 35.5. The summed E-state index contributed by atoms with van der Waals surface area (Å²) in [6.45, 7) is 0. The monoisotopic (exact) mass is 231 g/mol. The number of fused-ring (bicyclic) bond motifs is 1. The Morgan fingerprint density at radius 1 is 1.43 bits per heavy atom. The van der Waals surface area contributed by atoms with Gasteiger partial charge in [0.1, 0.15) is 0 Å². The zero-order chi connectivity index (χ0) is 10.3. The summed E-state index contributed by atoms with van der Waals surface area (Å²) in [5.41, 5.74) is 2.01. The summed E-state index contributed by atoms with van der Waals surface area (Å²) in [5.74, 6) is 0. The first kappa shape index (κ1) is 10.2.